The van der Waals surface area contributed by atoms with Crippen molar-refractivity contribution in [3.63, 3.8) is 0 Å². The highest BCUT2D eigenvalue weighted by atomic mass is 35.5. The molecule has 7 heteroatoms. The van der Waals surface area contributed by atoms with Gasteiger partial charge in [0.1, 0.15) is 5.82 Å². The minimum atomic E-state index is -0.227. The van der Waals surface area contributed by atoms with Crippen molar-refractivity contribution in [3.05, 3.63) is 57.0 Å². The quantitative estimate of drug-likeness (QED) is 0.846. The number of piperazine rings is 1. The molecule has 0 spiro atoms. The second-order valence-corrected chi connectivity index (χ2v) is 6.29. The Kier molecular flexibility index (Phi) is 8.11. The van der Waals surface area contributed by atoms with Gasteiger partial charge >= 0.3 is 0 Å². The molecule has 1 aromatic heterocycles. The third-order valence-corrected chi connectivity index (χ3v) is 4.75. The van der Waals surface area contributed by atoms with Gasteiger partial charge in [-0.1, -0.05) is 23.7 Å². The first-order valence-electron chi connectivity index (χ1n) is 6.69. The zero-order chi connectivity index (χ0) is 13.9. The van der Waals surface area contributed by atoms with Crippen LogP contribution in [0.4, 0.5) is 4.39 Å². The maximum atomic E-state index is 14.3. The molecule has 1 aromatic carbocycles. The topological polar surface area (TPSA) is 15.3 Å². The SMILES string of the molecule is Cl.Cl.Fc1cc(Cl)ccc1[C@@H](c1cccs1)N1CCNCC1. The number of thiophene rings is 1. The van der Waals surface area contributed by atoms with Crippen LogP contribution < -0.4 is 5.32 Å². The number of nitrogens with zero attached hydrogens (tertiary/aromatic N) is 1. The molecule has 1 N–H and O–H groups in total. The molecular weight excluding hydrogens is 366 g/mol. The minimum Gasteiger partial charge on any atom is -0.314 e. The van der Waals surface area contributed by atoms with Crippen molar-refractivity contribution in [2.24, 2.45) is 0 Å². The molecule has 0 bridgehead atoms. The predicted molar refractivity (Wildman–Crippen MR) is 96.5 cm³/mol. The molecule has 1 aliphatic heterocycles. The van der Waals surface area contributed by atoms with Crippen molar-refractivity contribution in [1.82, 2.24) is 10.2 Å². The van der Waals surface area contributed by atoms with Crippen LogP contribution in [0.25, 0.3) is 0 Å². The van der Waals surface area contributed by atoms with Crippen LogP contribution in [0.15, 0.2) is 35.7 Å². The van der Waals surface area contributed by atoms with Crippen LogP contribution in [-0.2, 0) is 0 Å². The summed E-state index contributed by atoms with van der Waals surface area (Å²) < 4.78 is 14.3. The van der Waals surface area contributed by atoms with Crippen molar-refractivity contribution < 1.29 is 4.39 Å². The van der Waals surface area contributed by atoms with E-state index in [1.165, 1.54) is 10.9 Å². The molecular formula is C15H18Cl3FN2S. The van der Waals surface area contributed by atoms with Crippen molar-refractivity contribution in [1.29, 1.82) is 0 Å². The molecule has 0 amide bonds. The lowest BCUT2D eigenvalue weighted by molar-refractivity contribution is 0.197. The van der Waals surface area contributed by atoms with Gasteiger partial charge in [0.15, 0.2) is 0 Å². The molecule has 2 nitrogen and oxygen atoms in total. The first-order valence-corrected chi connectivity index (χ1v) is 7.94. The van der Waals surface area contributed by atoms with Crippen LogP contribution in [0.5, 0.6) is 0 Å². The van der Waals surface area contributed by atoms with Gasteiger partial charge in [-0.2, -0.15) is 0 Å². The fourth-order valence-electron chi connectivity index (χ4n) is 2.64. The van der Waals surface area contributed by atoms with Gasteiger partial charge in [-0.3, -0.25) is 4.90 Å². The average Bonchev–Trinajstić information content (AvgIpc) is 2.97. The normalized spacial score (nSPS) is 16.5. The zero-order valence-electron chi connectivity index (χ0n) is 11.8. The first kappa shape index (κ1) is 19.7. The molecule has 1 aliphatic rings. The second-order valence-electron chi connectivity index (χ2n) is 4.87. The molecule has 3 rings (SSSR count). The Labute approximate surface area is 151 Å². The molecule has 2 aromatic rings. The summed E-state index contributed by atoms with van der Waals surface area (Å²) in [5.41, 5.74) is 0.707. The lowest BCUT2D eigenvalue weighted by Crippen LogP contribution is -2.45. The van der Waals surface area contributed by atoms with Crippen LogP contribution in [0.2, 0.25) is 5.02 Å². The van der Waals surface area contributed by atoms with E-state index in [1.54, 1.807) is 17.4 Å². The Hall–Kier alpha value is -0.360. The maximum absolute atomic E-state index is 14.3. The van der Waals surface area contributed by atoms with E-state index in [-0.39, 0.29) is 36.7 Å². The predicted octanol–water partition coefficient (Wildman–Crippen LogP) is 4.38. The van der Waals surface area contributed by atoms with E-state index in [2.05, 4.69) is 16.3 Å². The zero-order valence-corrected chi connectivity index (χ0v) is 15.0. The monoisotopic (exact) mass is 382 g/mol. The number of rotatable bonds is 3. The third-order valence-electron chi connectivity index (χ3n) is 3.59. The Bertz CT molecular complexity index is 574. The second kappa shape index (κ2) is 9.06. The van der Waals surface area contributed by atoms with Crippen LogP contribution in [0, 0.1) is 5.82 Å². The van der Waals surface area contributed by atoms with Gasteiger partial charge in [-0.05, 0) is 23.6 Å². The summed E-state index contributed by atoms with van der Waals surface area (Å²) in [7, 11) is 0. The smallest absolute Gasteiger partial charge is 0.129 e. The standard InChI is InChI=1S/C15H16ClFN2S.2ClH/c16-11-3-4-12(13(17)10-11)15(14-2-1-9-20-14)19-7-5-18-6-8-19;;/h1-4,9-10,15,18H,5-8H2;2*1H/t15-;;/m0../s1. The lowest BCUT2D eigenvalue weighted by Gasteiger charge is -2.34. The van der Waals surface area contributed by atoms with Gasteiger partial charge in [0.25, 0.3) is 0 Å². The van der Waals surface area contributed by atoms with Crippen LogP contribution in [0.1, 0.15) is 16.5 Å². The molecule has 0 unspecified atom stereocenters. The molecule has 1 fully saturated rings. The largest absolute Gasteiger partial charge is 0.314 e. The fourth-order valence-corrected chi connectivity index (χ4v) is 3.68. The number of halogens is 4. The van der Waals surface area contributed by atoms with Crippen LogP contribution in [0.3, 0.4) is 0 Å². The number of hydrogen-bond acceptors (Lipinski definition) is 3. The summed E-state index contributed by atoms with van der Waals surface area (Å²) in [6.07, 6.45) is 0. The van der Waals surface area contributed by atoms with Gasteiger partial charge in [0.05, 0.1) is 6.04 Å². The van der Waals surface area contributed by atoms with E-state index in [0.717, 1.165) is 26.2 Å². The number of benzene rings is 1. The minimum absolute atomic E-state index is 0. The third kappa shape index (κ3) is 4.34. The number of hydrogen-bond donors (Lipinski definition) is 1. The van der Waals surface area contributed by atoms with Gasteiger partial charge in [0.2, 0.25) is 0 Å². The van der Waals surface area contributed by atoms with E-state index in [4.69, 9.17) is 11.6 Å². The maximum Gasteiger partial charge on any atom is 0.129 e. The molecule has 0 radical (unpaired) electrons. The highest BCUT2D eigenvalue weighted by Gasteiger charge is 2.26. The van der Waals surface area contributed by atoms with Gasteiger partial charge in [-0.15, -0.1) is 36.2 Å². The highest BCUT2D eigenvalue weighted by molar-refractivity contribution is 7.10. The molecule has 1 saturated heterocycles. The van der Waals surface area contributed by atoms with Crippen molar-refractivity contribution in [2.75, 3.05) is 26.2 Å². The Morgan fingerprint density at radius 1 is 1.18 bits per heavy atom. The summed E-state index contributed by atoms with van der Waals surface area (Å²) in [4.78, 5) is 3.50. The van der Waals surface area contributed by atoms with Crippen molar-refractivity contribution >= 4 is 47.8 Å². The average molecular weight is 384 g/mol. The Morgan fingerprint density at radius 2 is 1.91 bits per heavy atom. The Balaban J connectivity index is 0.00000121. The summed E-state index contributed by atoms with van der Waals surface area (Å²) in [5, 5.41) is 5.82. The Morgan fingerprint density at radius 3 is 2.50 bits per heavy atom. The van der Waals surface area contributed by atoms with Gasteiger partial charge in [-0.25, -0.2) is 4.39 Å². The highest BCUT2D eigenvalue weighted by Crippen LogP contribution is 2.34. The summed E-state index contributed by atoms with van der Waals surface area (Å²) >= 11 is 7.54. The first-order chi connectivity index (χ1) is 9.75. The summed E-state index contributed by atoms with van der Waals surface area (Å²) in [5.74, 6) is -0.227. The summed E-state index contributed by atoms with van der Waals surface area (Å²) in [6, 6.07) is 9.05. The molecule has 22 heavy (non-hydrogen) atoms. The van der Waals surface area contributed by atoms with E-state index in [9.17, 15) is 4.39 Å². The van der Waals surface area contributed by atoms with Crippen LogP contribution in [-0.4, -0.2) is 31.1 Å². The van der Waals surface area contributed by atoms with E-state index in [1.807, 2.05) is 17.5 Å². The fraction of sp³-hybridized carbons (Fsp3) is 0.333. The van der Waals surface area contributed by atoms with E-state index in [0.29, 0.717) is 10.6 Å². The molecule has 2 heterocycles. The summed E-state index contributed by atoms with van der Waals surface area (Å²) in [6.45, 7) is 3.73. The molecule has 1 atom stereocenters. The van der Waals surface area contributed by atoms with Crippen molar-refractivity contribution in [3.8, 4) is 0 Å². The lowest BCUT2D eigenvalue weighted by atomic mass is 10.0. The van der Waals surface area contributed by atoms with E-state index < -0.39 is 0 Å². The molecule has 122 valence electrons. The van der Waals surface area contributed by atoms with Crippen molar-refractivity contribution in [2.45, 2.75) is 6.04 Å². The van der Waals surface area contributed by atoms with Crippen LogP contribution >= 0.6 is 47.8 Å². The molecule has 0 aliphatic carbocycles. The van der Waals surface area contributed by atoms with Gasteiger partial charge in [0, 0.05) is 41.6 Å². The number of nitrogens with one attached hydrogen (secondary N) is 1. The van der Waals surface area contributed by atoms with E-state index >= 15 is 0 Å². The molecule has 0 saturated carbocycles. The van der Waals surface area contributed by atoms with Gasteiger partial charge < -0.3 is 5.32 Å².